The zero-order valence-corrected chi connectivity index (χ0v) is 14.9. The summed E-state index contributed by atoms with van der Waals surface area (Å²) in [7, 11) is 3.33. The Morgan fingerprint density at radius 1 is 1.21 bits per heavy atom. The molecular formula is C19H26N2O3. The normalized spacial score (nSPS) is 18.3. The molecule has 1 aliphatic heterocycles. The Bertz CT molecular complexity index is 681. The summed E-state index contributed by atoms with van der Waals surface area (Å²) >= 11 is 0. The van der Waals surface area contributed by atoms with E-state index in [9.17, 15) is 0 Å². The van der Waals surface area contributed by atoms with Crippen LogP contribution < -0.4 is 9.47 Å². The van der Waals surface area contributed by atoms with Gasteiger partial charge in [0.25, 0.3) is 0 Å². The van der Waals surface area contributed by atoms with Crippen LogP contribution in [0.2, 0.25) is 0 Å². The predicted octanol–water partition coefficient (Wildman–Crippen LogP) is 4.15. The number of methoxy groups -OCH3 is 2. The maximum absolute atomic E-state index is 5.49. The van der Waals surface area contributed by atoms with Gasteiger partial charge in [0.1, 0.15) is 11.5 Å². The first kappa shape index (κ1) is 16.8. The zero-order valence-electron chi connectivity index (χ0n) is 14.9. The summed E-state index contributed by atoms with van der Waals surface area (Å²) in [5, 5.41) is 4.31. The summed E-state index contributed by atoms with van der Waals surface area (Å²) < 4.78 is 16.2. The van der Waals surface area contributed by atoms with Crippen molar-refractivity contribution in [1.82, 2.24) is 10.1 Å². The number of ether oxygens (including phenoxy) is 2. The molecule has 3 rings (SSSR count). The quantitative estimate of drug-likeness (QED) is 0.796. The molecule has 1 fully saturated rings. The molecule has 130 valence electrons. The second kappa shape index (κ2) is 7.26. The number of hydrogen-bond acceptors (Lipinski definition) is 5. The van der Waals surface area contributed by atoms with E-state index >= 15 is 0 Å². The number of nitrogens with zero attached hydrogens (tertiary/aromatic N) is 2. The number of likely N-dealkylation sites (tertiary alicyclic amines) is 1. The van der Waals surface area contributed by atoms with E-state index in [1.165, 1.54) is 12.0 Å². The van der Waals surface area contributed by atoms with Crippen LogP contribution in [0.15, 0.2) is 28.8 Å². The third kappa shape index (κ3) is 3.41. The Labute approximate surface area is 143 Å². The Kier molecular flexibility index (Phi) is 5.09. The van der Waals surface area contributed by atoms with Crippen LogP contribution in [0.4, 0.5) is 0 Å². The van der Waals surface area contributed by atoms with Crippen molar-refractivity contribution in [3.05, 3.63) is 41.3 Å². The SMILES string of the molecule is COc1ccc(CN2CCC[C@@H]2c2cc(C(C)C)on2)cc1OC. The van der Waals surface area contributed by atoms with Gasteiger partial charge in [0, 0.05) is 18.5 Å². The molecule has 5 heteroatoms. The van der Waals surface area contributed by atoms with Crippen molar-refractivity contribution < 1.29 is 14.0 Å². The molecular weight excluding hydrogens is 304 g/mol. The molecule has 1 saturated heterocycles. The maximum atomic E-state index is 5.49. The molecule has 0 N–H and O–H groups in total. The first-order valence-electron chi connectivity index (χ1n) is 8.53. The molecule has 0 bridgehead atoms. The van der Waals surface area contributed by atoms with Gasteiger partial charge in [-0.1, -0.05) is 25.1 Å². The van der Waals surface area contributed by atoms with E-state index < -0.39 is 0 Å². The summed E-state index contributed by atoms with van der Waals surface area (Å²) in [6, 6.07) is 8.55. The van der Waals surface area contributed by atoms with Gasteiger partial charge < -0.3 is 14.0 Å². The highest BCUT2D eigenvalue weighted by Gasteiger charge is 2.29. The van der Waals surface area contributed by atoms with Crippen LogP contribution in [0.5, 0.6) is 11.5 Å². The molecule has 0 amide bonds. The molecule has 0 radical (unpaired) electrons. The van der Waals surface area contributed by atoms with Crippen molar-refractivity contribution in [3.63, 3.8) is 0 Å². The van der Waals surface area contributed by atoms with Crippen molar-refractivity contribution in [3.8, 4) is 11.5 Å². The monoisotopic (exact) mass is 330 g/mol. The van der Waals surface area contributed by atoms with Gasteiger partial charge in [-0.15, -0.1) is 0 Å². The fourth-order valence-electron chi connectivity index (χ4n) is 3.30. The first-order valence-corrected chi connectivity index (χ1v) is 8.53. The molecule has 2 heterocycles. The van der Waals surface area contributed by atoms with Gasteiger partial charge in [0.15, 0.2) is 11.5 Å². The van der Waals surface area contributed by atoms with Crippen LogP contribution in [-0.4, -0.2) is 30.8 Å². The molecule has 2 aromatic rings. The summed E-state index contributed by atoms with van der Waals surface area (Å²) in [5.74, 6) is 2.86. The molecule has 5 nitrogen and oxygen atoms in total. The van der Waals surface area contributed by atoms with Gasteiger partial charge in [0.05, 0.1) is 20.3 Å². The highest BCUT2D eigenvalue weighted by Crippen LogP contribution is 2.35. The lowest BCUT2D eigenvalue weighted by atomic mass is 10.1. The molecule has 24 heavy (non-hydrogen) atoms. The van der Waals surface area contributed by atoms with Crippen LogP contribution in [0, 0.1) is 0 Å². The highest BCUT2D eigenvalue weighted by molar-refractivity contribution is 5.42. The van der Waals surface area contributed by atoms with E-state index in [0.717, 1.165) is 42.5 Å². The standard InChI is InChI=1S/C19H26N2O3/c1-13(2)18-11-15(20-24-18)16-6-5-9-21(16)12-14-7-8-17(22-3)19(10-14)23-4/h7-8,10-11,13,16H,5-6,9,12H2,1-4H3/t16-/m1/s1. The van der Waals surface area contributed by atoms with E-state index in [-0.39, 0.29) is 0 Å². The summed E-state index contributed by atoms with van der Waals surface area (Å²) in [6.07, 6.45) is 2.30. The van der Waals surface area contributed by atoms with E-state index in [1.807, 2.05) is 6.07 Å². The third-order valence-electron chi connectivity index (χ3n) is 4.65. The minimum atomic E-state index is 0.328. The van der Waals surface area contributed by atoms with E-state index in [4.69, 9.17) is 14.0 Å². The Morgan fingerprint density at radius 2 is 2.00 bits per heavy atom. The first-order chi connectivity index (χ1) is 11.6. The van der Waals surface area contributed by atoms with Gasteiger partial charge in [-0.05, 0) is 37.1 Å². The predicted molar refractivity (Wildman–Crippen MR) is 92.5 cm³/mol. The maximum Gasteiger partial charge on any atom is 0.161 e. The van der Waals surface area contributed by atoms with Crippen LogP contribution >= 0.6 is 0 Å². The van der Waals surface area contributed by atoms with E-state index in [1.54, 1.807) is 14.2 Å². The van der Waals surface area contributed by atoms with Crippen LogP contribution in [0.3, 0.4) is 0 Å². The largest absolute Gasteiger partial charge is 0.493 e. The van der Waals surface area contributed by atoms with Crippen molar-refractivity contribution in [1.29, 1.82) is 0 Å². The molecule has 1 atom stereocenters. The van der Waals surface area contributed by atoms with Gasteiger partial charge in [-0.25, -0.2) is 0 Å². The molecule has 0 unspecified atom stereocenters. The lowest BCUT2D eigenvalue weighted by Gasteiger charge is -2.23. The van der Waals surface area contributed by atoms with E-state index in [2.05, 4.69) is 42.1 Å². The number of rotatable bonds is 6. The van der Waals surface area contributed by atoms with Gasteiger partial charge >= 0.3 is 0 Å². The fraction of sp³-hybridized carbons (Fsp3) is 0.526. The number of hydrogen-bond donors (Lipinski definition) is 0. The molecule has 0 saturated carbocycles. The summed E-state index contributed by atoms with van der Waals surface area (Å²) in [6.45, 7) is 6.19. The van der Waals surface area contributed by atoms with Crippen LogP contribution in [0.1, 0.15) is 55.7 Å². The Balaban J connectivity index is 1.76. The van der Waals surface area contributed by atoms with Gasteiger partial charge in [-0.2, -0.15) is 0 Å². The second-order valence-electron chi connectivity index (χ2n) is 6.63. The number of benzene rings is 1. The van der Waals surface area contributed by atoms with Crippen molar-refractivity contribution in [2.75, 3.05) is 20.8 Å². The summed E-state index contributed by atoms with van der Waals surface area (Å²) in [4.78, 5) is 2.46. The fourth-order valence-corrected chi connectivity index (χ4v) is 3.30. The minimum Gasteiger partial charge on any atom is -0.493 e. The molecule has 1 aromatic heterocycles. The van der Waals surface area contributed by atoms with Crippen molar-refractivity contribution >= 4 is 0 Å². The molecule has 1 aromatic carbocycles. The molecule has 0 aliphatic carbocycles. The lowest BCUT2D eigenvalue weighted by Crippen LogP contribution is -2.23. The van der Waals surface area contributed by atoms with Gasteiger partial charge in [-0.3, -0.25) is 4.90 Å². The smallest absolute Gasteiger partial charge is 0.161 e. The Hall–Kier alpha value is -2.01. The average Bonchev–Trinajstić information content (AvgIpc) is 3.23. The highest BCUT2D eigenvalue weighted by atomic mass is 16.5. The van der Waals surface area contributed by atoms with Crippen molar-refractivity contribution in [2.24, 2.45) is 0 Å². The van der Waals surface area contributed by atoms with Gasteiger partial charge in [0.2, 0.25) is 0 Å². The zero-order chi connectivity index (χ0) is 17.1. The van der Waals surface area contributed by atoms with Crippen molar-refractivity contribution in [2.45, 2.75) is 45.2 Å². The lowest BCUT2D eigenvalue weighted by molar-refractivity contribution is 0.235. The minimum absolute atomic E-state index is 0.328. The molecule has 1 aliphatic rings. The van der Waals surface area contributed by atoms with E-state index in [0.29, 0.717) is 12.0 Å². The average molecular weight is 330 g/mol. The third-order valence-corrected chi connectivity index (χ3v) is 4.65. The molecule has 0 spiro atoms. The summed E-state index contributed by atoms with van der Waals surface area (Å²) in [5.41, 5.74) is 2.27. The number of aromatic nitrogens is 1. The topological polar surface area (TPSA) is 47.7 Å². The second-order valence-corrected chi connectivity index (χ2v) is 6.63. The van der Waals surface area contributed by atoms with Crippen LogP contribution in [-0.2, 0) is 6.54 Å². The Morgan fingerprint density at radius 3 is 2.67 bits per heavy atom. The van der Waals surface area contributed by atoms with Crippen LogP contribution in [0.25, 0.3) is 0 Å².